The molecule has 0 radical (unpaired) electrons. The summed E-state index contributed by atoms with van der Waals surface area (Å²) in [5.74, 6) is 0.925. The van der Waals surface area contributed by atoms with E-state index in [2.05, 4.69) is 10.0 Å². The van der Waals surface area contributed by atoms with Gasteiger partial charge in [0.1, 0.15) is 0 Å². The Bertz CT molecular complexity index is 448. The molecule has 2 N–H and O–H groups in total. The molecule has 6 nitrogen and oxygen atoms in total. The molecule has 1 aliphatic carbocycles. The summed E-state index contributed by atoms with van der Waals surface area (Å²) >= 11 is 0. The van der Waals surface area contributed by atoms with Crippen LogP contribution in [0.2, 0.25) is 0 Å². The van der Waals surface area contributed by atoms with Crippen LogP contribution in [-0.4, -0.2) is 57.7 Å². The summed E-state index contributed by atoms with van der Waals surface area (Å²) in [6.45, 7) is 2.56. The number of hydrogen-bond acceptors (Lipinski definition) is 4. The number of likely N-dealkylation sites (tertiary alicyclic amines) is 1. The van der Waals surface area contributed by atoms with E-state index in [-0.39, 0.29) is 11.9 Å². The fraction of sp³-hybridized carbons (Fsp3) is 0.929. The van der Waals surface area contributed by atoms with Gasteiger partial charge >= 0.3 is 0 Å². The molecular weight excluding hydrogens is 290 g/mol. The molecule has 1 heterocycles. The number of amides is 1. The summed E-state index contributed by atoms with van der Waals surface area (Å²) in [6, 6.07) is 0.170. The van der Waals surface area contributed by atoms with Crippen molar-refractivity contribution in [3.63, 3.8) is 0 Å². The molecule has 1 unspecified atom stereocenters. The minimum atomic E-state index is -3.15. The predicted octanol–water partition coefficient (Wildman–Crippen LogP) is 0.306. The highest BCUT2D eigenvalue weighted by Crippen LogP contribution is 2.27. The van der Waals surface area contributed by atoms with Crippen LogP contribution in [0, 0.1) is 5.92 Å². The Morgan fingerprint density at radius 3 is 2.67 bits per heavy atom. The lowest BCUT2D eigenvalue weighted by molar-refractivity contribution is -0.134. The normalized spacial score (nSPS) is 23.3. The first kappa shape index (κ1) is 16.7. The molecule has 1 saturated carbocycles. The number of rotatable bonds is 8. The average molecular weight is 317 g/mol. The molecule has 122 valence electrons. The van der Waals surface area contributed by atoms with Crippen LogP contribution in [0.15, 0.2) is 0 Å². The van der Waals surface area contributed by atoms with Crippen molar-refractivity contribution < 1.29 is 13.2 Å². The first-order valence-electron chi connectivity index (χ1n) is 7.90. The molecular formula is C14H27N3O3S. The van der Waals surface area contributed by atoms with Gasteiger partial charge in [-0.1, -0.05) is 0 Å². The highest BCUT2D eigenvalue weighted by molar-refractivity contribution is 7.88. The Morgan fingerprint density at radius 1 is 1.24 bits per heavy atom. The van der Waals surface area contributed by atoms with E-state index in [4.69, 9.17) is 0 Å². The zero-order valence-corrected chi connectivity index (χ0v) is 13.6. The highest BCUT2D eigenvalue weighted by atomic mass is 32.2. The summed E-state index contributed by atoms with van der Waals surface area (Å²) in [5, 5.41) is 3.24. The van der Waals surface area contributed by atoms with Crippen molar-refractivity contribution >= 4 is 15.9 Å². The van der Waals surface area contributed by atoms with E-state index < -0.39 is 10.0 Å². The number of carbonyl (C=O) groups is 1. The fourth-order valence-corrected chi connectivity index (χ4v) is 3.34. The quantitative estimate of drug-likeness (QED) is 0.675. The first-order valence-corrected chi connectivity index (χ1v) is 9.79. The SMILES string of the molecule is CS(=O)(=O)NCCC1CCCCN1C(=O)CNCC1CC1. The minimum Gasteiger partial charge on any atom is -0.339 e. The van der Waals surface area contributed by atoms with Crippen LogP contribution in [0.25, 0.3) is 0 Å². The van der Waals surface area contributed by atoms with E-state index in [0.29, 0.717) is 19.5 Å². The molecule has 1 atom stereocenters. The average Bonchev–Trinajstić information content (AvgIpc) is 3.22. The molecule has 0 aromatic rings. The van der Waals surface area contributed by atoms with Crippen LogP contribution in [0.5, 0.6) is 0 Å². The highest BCUT2D eigenvalue weighted by Gasteiger charge is 2.27. The van der Waals surface area contributed by atoms with Gasteiger partial charge in [-0.2, -0.15) is 0 Å². The lowest BCUT2D eigenvalue weighted by atomic mass is 9.99. The van der Waals surface area contributed by atoms with Crippen molar-refractivity contribution in [3.8, 4) is 0 Å². The van der Waals surface area contributed by atoms with Crippen LogP contribution in [0.1, 0.15) is 38.5 Å². The molecule has 0 bridgehead atoms. The molecule has 2 rings (SSSR count). The van der Waals surface area contributed by atoms with Gasteiger partial charge in [-0.3, -0.25) is 4.79 Å². The summed E-state index contributed by atoms with van der Waals surface area (Å²) in [5.41, 5.74) is 0. The maximum atomic E-state index is 12.3. The van der Waals surface area contributed by atoms with Gasteiger partial charge in [-0.15, -0.1) is 0 Å². The Hall–Kier alpha value is -0.660. The molecule has 2 aliphatic rings. The Morgan fingerprint density at radius 2 is 2.00 bits per heavy atom. The second-order valence-electron chi connectivity index (χ2n) is 6.27. The smallest absolute Gasteiger partial charge is 0.236 e. The van der Waals surface area contributed by atoms with Crippen molar-refractivity contribution in [2.75, 3.05) is 32.4 Å². The van der Waals surface area contributed by atoms with Crippen molar-refractivity contribution in [3.05, 3.63) is 0 Å². The number of piperidine rings is 1. The third kappa shape index (κ3) is 6.32. The topological polar surface area (TPSA) is 78.5 Å². The predicted molar refractivity (Wildman–Crippen MR) is 82.4 cm³/mol. The molecule has 2 fully saturated rings. The van der Waals surface area contributed by atoms with Gasteiger partial charge in [0.25, 0.3) is 0 Å². The Balaban J connectivity index is 1.75. The molecule has 1 aliphatic heterocycles. The summed E-state index contributed by atoms with van der Waals surface area (Å²) in [4.78, 5) is 14.2. The molecule has 0 spiro atoms. The Labute approximate surface area is 127 Å². The van der Waals surface area contributed by atoms with E-state index in [1.807, 2.05) is 4.90 Å². The van der Waals surface area contributed by atoms with Gasteiger partial charge in [-0.05, 0) is 51.0 Å². The second kappa shape index (κ2) is 7.56. The van der Waals surface area contributed by atoms with Gasteiger partial charge < -0.3 is 10.2 Å². The van der Waals surface area contributed by atoms with Crippen molar-refractivity contribution in [1.29, 1.82) is 0 Å². The van der Waals surface area contributed by atoms with Crippen molar-refractivity contribution in [2.45, 2.75) is 44.6 Å². The summed E-state index contributed by atoms with van der Waals surface area (Å²) in [6.07, 6.45) is 7.56. The van der Waals surface area contributed by atoms with Crippen molar-refractivity contribution in [1.82, 2.24) is 14.9 Å². The number of nitrogens with zero attached hydrogens (tertiary/aromatic N) is 1. The second-order valence-corrected chi connectivity index (χ2v) is 8.10. The van der Waals surface area contributed by atoms with Gasteiger partial charge in [0.15, 0.2) is 0 Å². The maximum Gasteiger partial charge on any atom is 0.236 e. The van der Waals surface area contributed by atoms with E-state index in [0.717, 1.165) is 38.3 Å². The Kier molecular flexibility index (Phi) is 6.01. The van der Waals surface area contributed by atoms with E-state index >= 15 is 0 Å². The van der Waals surface area contributed by atoms with Crippen molar-refractivity contribution in [2.24, 2.45) is 5.92 Å². The zero-order valence-electron chi connectivity index (χ0n) is 12.8. The number of nitrogens with one attached hydrogen (secondary N) is 2. The summed E-state index contributed by atoms with van der Waals surface area (Å²) < 4.78 is 24.7. The van der Waals surface area contributed by atoms with Gasteiger partial charge in [0.2, 0.25) is 15.9 Å². The molecule has 1 saturated heterocycles. The standard InChI is InChI=1S/C14H27N3O3S/c1-21(19,20)16-8-7-13-4-2-3-9-17(13)14(18)11-15-10-12-5-6-12/h12-13,15-16H,2-11H2,1H3. The van der Waals surface area contributed by atoms with Crippen LogP contribution in [0.3, 0.4) is 0 Å². The molecule has 0 aromatic carbocycles. The molecule has 0 aromatic heterocycles. The monoisotopic (exact) mass is 317 g/mol. The van der Waals surface area contributed by atoms with Crippen LogP contribution in [-0.2, 0) is 14.8 Å². The zero-order chi connectivity index (χ0) is 15.3. The largest absolute Gasteiger partial charge is 0.339 e. The van der Waals surface area contributed by atoms with Gasteiger partial charge in [-0.25, -0.2) is 13.1 Å². The van der Waals surface area contributed by atoms with Crippen LogP contribution < -0.4 is 10.0 Å². The first-order chi connectivity index (χ1) is 9.96. The van der Waals surface area contributed by atoms with Crippen LogP contribution in [0.4, 0.5) is 0 Å². The lowest BCUT2D eigenvalue weighted by Gasteiger charge is -2.36. The van der Waals surface area contributed by atoms with Gasteiger partial charge in [0, 0.05) is 19.1 Å². The number of hydrogen-bond donors (Lipinski definition) is 2. The van der Waals surface area contributed by atoms with E-state index in [1.54, 1.807) is 0 Å². The fourth-order valence-electron chi connectivity index (χ4n) is 2.85. The molecule has 7 heteroatoms. The van der Waals surface area contributed by atoms with E-state index in [1.165, 1.54) is 19.1 Å². The maximum absolute atomic E-state index is 12.3. The lowest BCUT2D eigenvalue weighted by Crippen LogP contribution is -2.48. The minimum absolute atomic E-state index is 0.153. The van der Waals surface area contributed by atoms with Gasteiger partial charge in [0.05, 0.1) is 12.8 Å². The number of carbonyl (C=O) groups excluding carboxylic acids is 1. The summed E-state index contributed by atoms with van der Waals surface area (Å²) in [7, 11) is -3.15. The number of sulfonamides is 1. The third-order valence-corrected chi connectivity index (χ3v) is 4.92. The van der Waals surface area contributed by atoms with Crippen LogP contribution >= 0.6 is 0 Å². The van der Waals surface area contributed by atoms with E-state index in [9.17, 15) is 13.2 Å². The molecule has 21 heavy (non-hydrogen) atoms. The third-order valence-electron chi connectivity index (χ3n) is 4.20. The molecule has 1 amide bonds.